The van der Waals surface area contributed by atoms with Crippen LogP contribution >= 0.6 is 0 Å². The zero-order chi connectivity index (χ0) is 13.0. The molecular formula is C12H17NO4S. The number of aromatic nitrogens is 1. The number of hydrogen-bond acceptors (Lipinski definition) is 5. The Morgan fingerprint density at radius 2 is 2.11 bits per heavy atom. The average Bonchev–Trinajstić information content (AvgIpc) is 2.41. The average molecular weight is 271 g/mol. The second-order valence-corrected chi connectivity index (χ2v) is 6.11. The molecule has 1 atom stereocenters. The van der Waals surface area contributed by atoms with E-state index in [1.807, 2.05) is 0 Å². The van der Waals surface area contributed by atoms with Gasteiger partial charge in [-0.05, 0) is 30.9 Å². The molecule has 2 rings (SSSR count). The summed E-state index contributed by atoms with van der Waals surface area (Å²) in [7, 11) is -2.43. The summed E-state index contributed by atoms with van der Waals surface area (Å²) in [6, 6.07) is 5.29. The molecule has 1 fully saturated rings. The van der Waals surface area contributed by atoms with Gasteiger partial charge >= 0.3 is 0 Å². The SMILES string of the molecule is COS(=O)(=O)C(c1ccccn1)C1CCOCC1. The van der Waals surface area contributed by atoms with Crippen LogP contribution in [0.3, 0.4) is 0 Å². The van der Waals surface area contributed by atoms with Crippen LogP contribution in [-0.2, 0) is 19.0 Å². The summed E-state index contributed by atoms with van der Waals surface area (Å²) < 4.78 is 34.2. The van der Waals surface area contributed by atoms with Crippen LogP contribution in [0.5, 0.6) is 0 Å². The molecule has 0 aromatic carbocycles. The summed E-state index contributed by atoms with van der Waals surface area (Å²) in [6.45, 7) is 1.18. The van der Waals surface area contributed by atoms with Crippen LogP contribution in [0.15, 0.2) is 24.4 Å². The first-order chi connectivity index (χ1) is 8.65. The first-order valence-electron chi connectivity index (χ1n) is 5.93. The normalized spacial score (nSPS) is 19.6. The smallest absolute Gasteiger partial charge is 0.276 e. The van der Waals surface area contributed by atoms with Crippen LogP contribution < -0.4 is 0 Å². The predicted molar refractivity (Wildman–Crippen MR) is 66.4 cm³/mol. The molecule has 0 radical (unpaired) electrons. The van der Waals surface area contributed by atoms with Gasteiger partial charge in [-0.25, -0.2) is 0 Å². The molecule has 1 aliphatic rings. The number of ether oxygens (including phenoxy) is 1. The fourth-order valence-electron chi connectivity index (χ4n) is 2.29. The molecule has 1 aromatic heterocycles. The van der Waals surface area contributed by atoms with Crippen molar-refractivity contribution in [2.45, 2.75) is 18.1 Å². The van der Waals surface area contributed by atoms with Gasteiger partial charge in [-0.2, -0.15) is 8.42 Å². The van der Waals surface area contributed by atoms with E-state index in [1.165, 1.54) is 7.11 Å². The molecule has 100 valence electrons. The molecule has 0 bridgehead atoms. The van der Waals surface area contributed by atoms with E-state index in [0.29, 0.717) is 31.7 Å². The summed E-state index contributed by atoms with van der Waals surface area (Å²) in [5, 5.41) is -0.701. The Morgan fingerprint density at radius 3 is 2.67 bits per heavy atom. The molecule has 1 aliphatic heterocycles. The van der Waals surface area contributed by atoms with E-state index in [1.54, 1.807) is 24.4 Å². The van der Waals surface area contributed by atoms with Gasteiger partial charge in [0.25, 0.3) is 10.1 Å². The molecule has 0 spiro atoms. The minimum Gasteiger partial charge on any atom is -0.381 e. The third kappa shape index (κ3) is 2.88. The molecular weight excluding hydrogens is 254 g/mol. The number of nitrogens with zero attached hydrogens (tertiary/aromatic N) is 1. The van der Waals surface area contributed by atoms with Crippen LogP contribution in [-0.4, -0.2) is 33.7 Å². The molecule has 0 N–H and O–H groups in total. The highest BCUT2D eigenvalue weighted by atomic mass is 32.2. The highest BCUT2D eigenvalue weighted by Crippen LogP contribution is 2.35. The molecule has 0 aliphatic carbocycles. The van der Waals surface area contributed by atoms with Gasteiger partial charge < -0.3 is 4.74 Å². The lowest BCUT2D eigenvalue weighted by atomic mass is 9.94. The van der Waals surface area contributed by atoms with Crippen molar-refractivity contribution in [1.82, 2.24) is 4.98 Å². The molecule has 1 unspecified atom stereocenters. The number of hydrogen-bond donors (Lipinski definition) is 0. The van der Waals surface area contributed by atoms with Crippen molar-refractivity contribution in [3.05, 3.63) is 30.1 Å². The van der Waals surface area contributed by atoms with Gasteiger partial charge in [0.15, 0.2) is 0 Å². The summed E-state index contributed by atoms with van der Waals surface area (Å²) in [6.07, 6.45) is 3.03. The summed E-state index contributed by atoms with van der Waals surface area (Å²) in [5.41, 5.74) is 0.547. The quantitative estimate of drug-likeness (QED) is 0.777. The van der Waals surface area contributed by atoms with Crippen molar-refractivity contribution in [2.24, 2.45) is 5.92 Å². The topological polar surface area (TPSA) is 65.5 Å². The third-order valence-corrected chi connectivity index (χ3v) is 4.93. The van der Waals surface area contributed by atoms with Crippen molar-refractivity contribution < 1.29 is 17.3 Å². The van der Waals surface area contributed by atoms with E-state index >= 15 is 0 Å². The summed E-state index contributed by atoms with van der Waals surface area (Å²) >= 11 is 0. The lowest BCUT2D eigenvalue weighted by molar-refractivity contribution is 0.0637. The minimum absolute atomic E-state index is 0.00130. The van der Waals surface area contributed by atoms with Crippen molar-refractivity contribution >= 4 is 10.1 Å². The lowest BCUT2D eigenvalue weighted by Gasteiger charge is -2.28. The lowest BCUT2D eigenvalue weighted by Crippen LogP contribution is -2.28. The van der Waals surface area contributed by atoms with Crippen LogP contribution in [0.25, 0.3) is 0 Å². The van der Waals surface area contributed by atoms with Gasteiger partial charge in [-0.3, -0.25) is 9.17 Å². The van der Waals surface area contributed by atoms with Gasteiger partial charge in [0.2, 0.25) is 0 Å². The van der Waals surface area contributed by atoms with E-state index in [9.17, 15) is 8.42 Å². The molecule has 5 nitrogen and oxygen atoms in total. The second kappa shape index (κ2) is 5.77. The molecule has 0 saturated carbocycles. The molecule has 1 aromatic rings. The Labute approximate surface area is 107 Å². The number of pyridine rings is 1. The first-order valence-corrected chi connectivity index (χ1v) is 7.40. The third-order valence-electron chi connectivity index (χ3n) is 3.22. The highest BCUT2D eigenvalue weighted by Gasteiger charge is 2.37. The predicted octanol–water partition coefficient (Wildman–Crippen LogP) is 1.53. The Morgan fingerprint density at radius 1 is 1.39 bits per heavy atom. The van der Waals surface area contributed by atoms with Gasteiger partial charge in [0.1, 0.15) is 5.25 Å². The second-order valence-electron chi connectivity index (χ2n) is 4.28. The van der Waals surface area contributed by atoms with Crippen molar-refractivity contribution in [2.75, 3.05) is 20.3 Å². The van der Waals surface area contributed by atoms with Crippen LogP contribution in [0.4, 0.5) is 0 Å². The molecule has 18 heavy (non-hydrogen) atoms. The zero-order valence-corrected chi connectivity index (χ0v) is 11.1. The first kappa shape index (κ1) is 13.5. The van der Waals surface area contributed by atoms with Crippen molar-refractivity contribution in [3.8, 4) is 0 Å². The maximum atomic E-state index is 12.1. The standard InChI is InChI=1S/C12H17NO4S/c1-16-18(14,15)12(10-5-8-17-9-6-10)11-4-2-3-7-13-11/h2-4,7,10,12H,5-6,8-9H2,1H3. The van der Waals surface area contributed by atoms with Crippen molar-refractivity contribution in [3.63, 3.8) is 0 Å². The zero-order valence-electron chi connectivity index (χ0n) is 10.3. The Hall–Kier alpha value is -0.980. The Balaban J connectivity index is 2.34. The van der Waals surface area contributed by atoms with E-state index in [-0.39, 0.29) is 5.92 Å². The number of rotatable bonds is 4. The van der Waals surface area contributed by atoms with E-state index in [0.717, 1.165) is 0 Å². The fraction of sp³-hybridized carbons (Fsp3) is 0.583. The maximum absolute atomic E-state index is 12.1. The van der Waals surface area contributed by atoms with E-state index in [2.05, 4.69) is 4.98 Å². The van der Waals surface area contributed by atoms with Crippen molar-refractivity contribution in [1.29, 1.82) is 0 Å². The molecule has 0 amide bonds. The summed E-state index contributed by atoms with van der Waals surface area (Å²) in [4.78, 5) is 4.17. The van der Waals surface area contributed by atoms with Crippen LogP contribution in [0.1, 0.15) is 23.8 Å². The summed E-state index contributed by atoms with van der Waals surface area (Å²) in [5.74, 6) is -0.00130. The monoisotopic (exact) mass is 271 g/mol. The Kier molecular flexibility index (Phi) is 4.31. The molecule has 2 heterocycles. The van der Waals surface area contributed by atoms with Crippen LogP contribution in [0, 0.1) is 5.92 Å². The minimum atomic E-state index is -3.63. The maximum Gasteiger partial charge on any atom is 0.276 e. The largest absolute Gasteiger partial charge is 0.381 e. The Bertz CT molecular complexity index is 468. The van der Waals surface area contributed by atoms with E-state index in [4.69, 9.17) is 8.92 Å². The fourth-order valence-corrected chi connectivity index (χ4v) is 3.68. The van der Waals surface area contributed by atoms with Gasteiger partial charge in [-0.15, -0.1) is 0 Å². The molecule has 1 saturated heterocycles. The van der Waals surface area contributed by atoms with E-state index < -0.39 is 15.4 Å². The van der Waals surface area contributed by atoms with Crippen LogP contribution in [0.2, 0.25) is 0 Å². The molecule has 6 heteroatoms. The van der Waals surface area contributed by atoms with Gasteiger partial charge in [-0.1, -0.05) is 6.07 Å². The van der Waals surface area contributed by atoms with Gasteiger partial charge in [0.05, 0.1) is 12.8 Å². The van der Waals surface area contributed by atoms with Gasteiger partial charge in [0, 0.05) is 19.4 Å². The highest BCUT2D eigenvalue weighted by molar-refractivity contribution is 7.87.